The van der Waals surface area contributed by atoms with Gasteiger partial charge in [-0.15, -0.1) is 0 Å². The molecule has 0 radical (unpaired) electrons. The van der Waals surface area contributed by atoms with Gasteiger partial charge in [-0.25, -0.2) is 8.42 Å². The summed E-state index contributed by atoms with van der Waals surface area (Å²) < 4.78 is 23.3. The van der Waals surface area contributed by atoms with Gasteiger partial charge in [0, 0.05) is 15.6 Å². The van der Waals surface area contributed by atoms with Crippen LogP contribution < -0.4 is 5.32 Å². The van der Waals surface area contributed by atoms with E-state index in [9.17, 15) is 8.42 Å². The third kappa shape index (κ3) is 2.82. The van der Waals surface area contributed by atoms with Gasteiger partial charge in [0.05, 0.1) is 11.8 Å². The van der Waals surface area contributed by atoms with Crippen molar-refractivity contribution in [3.05, 3.63) is 40.2 Å². The van der Waals surface area contributed by atoms with Crippen molar-refractivity contribution in [2.45, 2.75) is 6.04 Å². The Balaban J connectivity index is 2.05. The summed E-state index contributed by atoms with van der Waals surface area (Å²) >= 11 is 3.34. The van der Waals surface area contributed by atoms with E-state index in [-0.39, 0.29) is 11.8 Å². The largest absolute Gasteiger partial charge is 0.378 e. The fraction of sp³-hybridized carbons (Fsp3) is 0.200. The van der Waals surface area contributed by atoms with Crippen LogP contribution in [0, 0.1) is 0 Å². The van der Waals surface area contributed by atoms with Gasteiger partial charge in [0.2, 0.25) is 0 Å². The van der Waals surface area contributed by atoms with E-state index in [2.05, 4.69) is 21.2 Å². The molecule has 1 N–H and O–H groups in total. The molecule has 15 heavy (non-hydrogen) atoms. The summed E-state index contributed by atoms with van der Waals surface area (Å²) in [6.07, 6.45) is 1.68. The Morgan fingerprint density at radius 1 is 1.27 bits per heavy atom. The predicted molar refractivity (Wildman–Crippen MR) is 64.5 cm³/mol. The highest BCUT2D eigenvalue weighted by Gasteiger charge is 2.20. The van der Waals surface area contributed by atoms with E-state index < -0.39 is 9.84 Å². The molecule has 0 amide bonds. The van der Waals surface area contributed by atoms with Crippen molar-refractivity contribution in [3.63, 3.8) is 0 Å². The topological polar surface area (TPSA) is 46.2 Å². The first-order valence-corrected chi connectivity index (χ1v) is 6.99. The summed E-state index contributed by atoms with van der Waals surface area (Å²) in [4.78, 5) is 0. The van der Waals surface area contributed by atoms with Crippen LogP contribution in [0.15, 0.2) is 40.2 Å². The molecule has 1 aromatic carbocycles. The molecule has 80 valence electrons. The molecule has 0 bridgehead atoms. The molecule has 0 saturated heterocycles. The molecule has 5 heteroatoms. The zero-order chi connectivity index (χ0) is 10.9. The maximum atomic E-state index is 11.2. The average Bonchev–Trinajstić information content (AvgIpc) is 2.50. The number of hydrogen-bond donors (Lipinski definition) is 1. The highest BCUT2D eigenvalue weighted by Crippen LogP contribution is 2.17. The lowest BCUT2D eigenvalue weighted by atomic mass is 10.2. The molecule has 0 spiro atoms. The Labute approximate surface area is 97.2 Å². The fourth-order valence-corrected chi connectivity index (χ4v) is 2.93. The second kappa shape index (κ2) is 3.98. The van der Waals surface area contributed by atoms with Gasteiger partial charge in [-0.1, -0.05) is 22.0 Å². The Morgan fingerprint density at radius 3 is 2.47 bits per heavy atom. The van der Waals surface area contributed by atoms with Gasteiger partial charge in [-0.05, 0) is 24.3 Å². The smallest absolute Gasteiger partial charge is 0.173 e. The van der Waals surface area contributed by atoms with Crippen LogP contribution in [0.25, 0.3) is 0 Å². The van der Waals surface area contributed by atoms with Gasteiger partial charge in [0.25, 0.3) is 0 Å². The quantitative estimate of drug-likeness (QED) is 0.907. The molecule has 0 aliphatic carbocycles. The van der Waals surface area contributed by atoms with Gasteiger partial charge in [-0.2, -0.15) is 0 Å². The maximum Gasteiger partial charge on any atom is 0.173 e. The lowest BCUT2D eigenvalue weighted by molar-refractivity contribution is 0.605. The number of benzene rings is 1. The lowest BCUT2D eigenvalue weighted by Crippen LogP contribution is -2.20. The molecular formula is C10H10BrNO2S. The Kier molecular flexibility index (Phi) is 2.84. The molecule has 1 heterocycles. The molecule has 3 nitrogen and oxygen atoms in total. The molecule has 1 aromatic rings. The Bertz CT molecular complexity index is 479. The summed E-state index contributed by atoms with van der Waals surface area (Å²) in [7, 11) is -2.98. The number of sulfone groups is 1. The molecule has 0 saturated carbocycles. The van der Waals surface area contributed by atoms with Gasteiger partial charge < -0.3 is 5.32 Å². The zero-order valence-electron chi connectivity index (χ0n) is 7.85. The van der Waals surface area contributed by atoms with Crippen LogP contribution in [0.2, 0.25) is 0 Å². The van der Waals surface area contributed by atoms with Crippen molar-refractivity contribution >= 4 is 31.5 Å². The van der Waals surface area contributed by atoms with Gasteiger partial charge in [0.15, 0.2) is 9.84 Å². The van der Waals surface area contributed by atoms with E-state index in [4.69, 9.17) is 0 Å². The van der Waals surface area contributed by atoms with E-state index in [0.29, 0.717) is 0 Å². The first-order chi connectivity index (χ1) is 7.05. The van der Waals surface area contributed by atoms with Crippen LogP contribution in [-0.2, 0) is 9.84 Å². The number of anilines is 1. The summed E-state index contributed by atoms with van der Waals surface area (Å²) in [6, 6.07) is 7.52. The third-order valence-corrected chi connectivity index (χ3v) is 4.05. The summed E-state index contributed by atoms with van der Waals surface area (Å²) in [6.45, 7) is 0. The highest BCUT2D eigenvalue weighted by molar-refractivity contribution is 9.10. The second-order valence-electron chi connectivity index (χ2n) is 3.42. The van der Waals surface area contributed by atoms with Gasteiger partial charge >= 0.3 is 0 Å². The van der Waals surface area contributed by atoms with Gasteiger partial charge in [0.1, 0.15) is 0 Å². The number of halogens is 1. The molecule has 1 unspecified atom stereocenters. The minimum Gasteiger partial charge on any atom is -0.378 e. The first kappa shape index (κ1) is 10.7. The monoisotopic (exact) mass is 287 g/mol. The summed E-state index contributed by atoms with van der Waals surface area (Å²) in [5.41, 5.74) is 0.921. The van der Waals surface area contributed by atoms with Crippen LogP contribution in [0.1, 0.15) is 0 Å². The van der Waals surface area contributed by atoms with Crippen molar-refractivity contribution in [2.24, 2.45) is 0 Å². The minimum atomic E-state index is -2.98. The van der Waals surface area contributed by atoms with Crippen molar-refractivity contribution in [2.75, 3.05) is 11.1 Å². The van der Waals surface area contributed by atoms with E-state index in [1.54, 1.807) is 6.08 Å². The highest BCUT2D eigenvalue weighted by atomic mass is 79.9. The standard InChI is InChI=1S/C10H10BrNO2S/c11-8-1-3-9(4-2-8)12-10-5-6-15(13,14)7-10/h1-6,10,12H,7H2. The molecule has 0 fully saturated rings. The van der Waals surface area contributed by atoms with E-state index >= 15 is 0 Å². The van der Waals surface area contributed by atoms with Crippen LogP contribution in [-0.4, -0.2) is 20.2 Å². The lowest BCUT2D eigenvalue weighted by Gasteiger charge is -2.11. The van der Waals surface area contributed by atoms with Crippen LogP contribution in [0.5, 0.6) is 0 Å². The van der Waals surface area contributed by atoms with Crippen molar-refractivity contribution in [1.29, 1.82) is 0 Å². The van der Waals surface area contributed by atoms with Gasteiger partial charge in [-0.3, -0.25) is 0 Å². The minimum absolute atomic E-state index is 0.115. The van der Waals surface area contributed by atoms with Crippen molar-refractivity contribution in [3.8, 4) is 0 Å². The predicted octanol–water partition coefficient (Wildman–Crippen LogP) is 2.17. The fourth-order valence-electron chi connectivity index (χ4n) is 1.43. The normalized spacial score (nSPS) is 22.9. The van der Waals surface area contributed by atoms with E-state index in [1.807, 2.05) is 24.3 Å². The average molecular weight is 288 g/mol. The Morgan fingerprint density at radius 2 is 1.93 bits per heavy atom. The van der Waals surface area contributed by atoms with Crippen molar-refractivity contribution in [1.82, 2.24) is 0 Å². The molecular weight excluding hydrogens is 278 g/mol. The summed E-state index contributed by atoms with van der Waals surface area (Å²) in [5, 5.41) is 4.40. The second-order valence-corrected chi connectivity index (χ2v) is 6.26. The van der Waals surface area contributed by atoms with Crippen LogP contribution in [0.4, 0.5) is 5.69 Å². The number of hydrogen-bond acceptors (Lipinski definition) is 3. The maximum absolute atomic E-state index is 11.2. The van der Waals surface area contributed by atoms with Crippen LogP contribution in [0.3, 0.4) is 0 Å². The molecule has 2 rings (SSSR count). The first-order valence-electron chi connectivity index (χ1n) is 4.48. The SMILES string of the molecule is O=S1(=O)C=CC(Nc2ccc(Br)cc2)C1. The summed E-state index contributed by atoms with van der Waals surface area (Å²) in [5.74, 6) is 0.142. The van der Waals surface area contributed by atoms with Crippen molar-refractivity contribution < 1.29 is 8.42 Å². The Hall–Kier alpha value is -0.810. The zero-order valence-corrected chi connectivity index (χ0v) is 10.3. The molecule has 1 aliphatic heterocycles. The number of rotatable bonds is 2. The molecule has 1 aliphatic rings. The molecule has 1 atom stereocenters. The molecule has 0 aromatic heterocycles. The van der Waals surface area contributed by atoms with E-state index in [1.165, 1.54) is 5.41 Å². The third-order valence-electron chi connectivity index (χ3n) is 2.13. The number of nitrogens with one attached hydrogen (secondary N) is 1. The van der Waals surface area contributed by atoms with E-state index in [0.717, 1.165) is 10.2 Å². The van der Waals surface area contributed by atoms with Crippen LogP contribution >= 0.6 is 15.9 Å².